The van der Waals surface area contributed by atoms with Gasteiger partial charge in [-0.25, -0.2) is 13.4 Å². The third kappa shape index (κ3) is 3.51. The Balaban J connectivity index is 1.47. The lowest BCUT2D eigenvalue weighted by Crippen LogP contribution is -2.60. The van der Waals surface area contributed by atoms with E-state index in [-0.39, 0.29) is 35.9 Å². The quantitative estimate of drug-likeness (QED) is 0.707. The van der Waals surface area contributed by atoms with E-state index in [1.165, 1.54) is 6.33 Å². The van der Waals surface area contributed by atoms with Gasteiger partial charge in [-0.05, 0) is 6.07 Å². The number of nitrogens with zero attached hydrogens (tertiary/aromatic N) is 5. The average Bonchev–Trinajstić information content (AvgIpc) is 3.32. The van der Waals surface area contributed by atoms with Crippen molar-refractivity contribution in [2.24, 2.45) is 0 Å². The second kappa shape index (κ2) is 6.84. The largest absolute Gasteiger partial charge is 0.472 e. The van der Waals surface area contributed by atoms with Gasteiger partial charge in [0.15, 0.2) is 9.84 Å². The van der Waals surface area contributed by atoms with Crippen molar-refractivity contribution >= 4 is 15.7 Å². The average molecular weight is 379 g/mol. The van der Waals surface area contributed by atoms with Gasteiger partial charge in [0.1, 0.15) is 12.7 Å². The van der Waals surface area contributed by atoms with Gasteiger partial charge in [0.2, 0.25) is 5.91 Å². The summed E-state index contributed by atoms with van der Waals surface area (Å²) < 4.78 is 31.2. The molecule has 0 radical (unpaired) electrons. The number of hydrogen-bond acceptors (Lipinski definition) is 7. The van der Waals surface area contributed by atoms with Crippen LogP contribution in [0.5, 0.6) is 0 Å². The van der Waals surface area contributed by atoms with E-state index in [4.69, 9.17) is 4.42 Å². The van der Waals surface area contributed by atoms with E-state index in [1.54, 1.807) is 28.4 Å². The number of piperazine rings is 1. The molecule has 9 nitrogen and oxygen atoms in total. The molecule has 0 saturated carbocycles. The zero-order valence-electron chi connectivity index (χ0n) is 14.3. The van der Waals surface area contributed by atoms with Crippen molar-refractivity contribution in [1.29, 1.82) is 0 Å². The summed E-state index contributed by atoms with van der Waals surface area (Å²) in [5.74, 6) is 0.104. The number of aromatic nitrogens is 3. The Labute approximate surface area is 151 Å². The van der Waals surface area contributed by atoms with Gasteiger partial charge in [-0.15, -0.1) is 0 Å². The predicted molar refractivity (Wildman–Crippen MR) is 91.7 cm³/mol. The van der Waals surface area contributed by atoms with Crippen LogP contribution in [-0.4, -0.2) is 75.6 Å². The normalized spacial score (nSPS) is 25.3. The second-order valence-corrected chi connectivity index (χ2v) is 8.96. The SMILES string of the molecule is O=C(CCn1cncn1)N1CCN(Cc2ccoc2)[C@@H]2CS(=O)(=O)C[C@@H]21. The summed E-state index contributed by atoms with van der Waals surface area (Å²) in [6.45, 7) is 2.26. The summed E-state index contributed by atoms with van der Waals surface area (Å²) in [5, 5.41) is 4.00. The molecule has 0 spiro atoms. The Hall–Kier alpha value is -2.20. The summed E-state index contributed by atoms with van der Waals surface area (Å²) in [6.07, 6.45) is 6.57. The first-order valence-corrected chi connectivity index (χ1v) is 10.4. The van der Waals surface area contributed by atoms with Crippen molar-refractivity contribution < 1.29 is 17.6 Å². The zero-order chi connectivity index (χ0) is 18.1. The van der Waals surface area contributed by atoms with E-state index in [0.29, 0.717) is 26.2 Å². The summed E-state index contributed by atoms with van der Waals surface area (Å²) in [4.78, 5) is 20.5. The number of aryl methyl sites for hydroxylation is 1. The maximum Gasteiger partial charge on any atom is 0.224 e. The van der Waals surface area contributed by atoms with E-state index < -0.39 is 9.84 Å². The lowest BCUT2D eigenvalue weighted by molar-refractivity contribution is -0.137. The predicted octanol–water partition coefficient (Wildman–Crippen LogP) is -0.229. The smallest absolute Gasteiger partial charge is 0.224 e. The van der Waals surface area contributed by atoms with Gasteiger partial charge in [-0.1, -0.05) is 0 Å². The number of sulfone groups is 1. The molecule has 1 amide bonds. The van der Waals surface area contributed by atoms with Gasteiger partial charge in [-0.3, -0.25) is 14.4 Å². The monoisotopic (exact) mass is 379 g/mol. The third-order valence-electron chi connectivity index (χ3n) is 5.10. The first-order valence-electron chi connectivity index (χ1n) is 8.59. The first kappa shape index (κ1) is 17.2. The van der Waals surface area contributed by atoms with Crippen LogP contribution in [0.1, 0.15) is 12.0 Å². The highest BCUT2D eigenvalue weighted by molar-refractivity contribution is 7.91. The maximum absolute atomic E-state index is 12.7. The highest BCUT2D eigenvalue weighted by Gasteiger charge is 2.47. The van der Waals surface area contributed by atoms with Gasteiger partial charge >= 0.3 is 0 Å². The number of amides is 1. The van der Waals surface area contributed by atoms with Crippen LogP contribution in [0.4, 0.5) is 0 Å². The molecule has 2 fully saturated rings. The summed E-state index contributed by atoms with van der Waals surface area (Å²) in [6, 6.07) is 1.43. The van der Waals surface area contributed by atoms with Crippen molar-refractivity contribution in [2.75, 3.05) is 24.6 Å². The Morgan fingerprint density at radius 2 is 2.12 bits per heavy atom. The molecule has 4 rings (SSSR count). The number of furan rings is 1. The standard InChI is InChI=1S/C16H21N5O4S/c22-16(1-3-20-12-17-11-18-20)21-5-4-19(7-13-2-6-25-8-13)14-9-26(23,24)10-15(14)21/h2,6,8,11-12,14-15H,1,3-5,7,9-10H2/t14-,15+/m1/s1. The van der Waals surface area contributed by atoms with Crippen molar-refractivity contribution in [1.82, 2.24) is 24.6 Å². The van der Waals surface area contributed by atoms with Gasteiger partial charge in [0, 0.05) is 37.7 Å². The van der Waals surface area contributed by atoms with Gasteiger partial charge < -0.3 is 9.32 Å². The molecule has 2 saturated heterocycles. The molecule has 0 bridgehead atoms. The van der Waals surface area contributed by atoms with Crippen LogP contribution in [0.15, 0.2) is 35.7 Å². The third-order valence-corrected chi connectivity index (χ3v) is 6.80. The Kier molecular flexibility index (Phi) is 4.53. The van der Waals surface area contributed by atoms with Crippen LogP contribution in [0.2, 0.25) is 0 Å². The minimum absolute atomic E-state index is 0.0319. The van der Waals surface area contributed by atoms with E-state index in [9.17, 15) is 13.2 Å². The van der Waals surface area contributed by atoms with Crippen molar-refractivity contribution in [3.63, 3.8) is 0 Å². The number of carbonyl (C=O) groups excluding carboxylic acids is 1. The van der Waals surface area contributed by atoms with E-state index >= 15 is 0 Å². The topological polar surface area (TPSA) is 102 Å². The molecule has 0 unspecified atom stereocenters. The van der Waals surface area contributed by atoms with Crippen LogP contribution < -0.4 is 0 Å². The molecule has 4 heterocycles. The molecular formula is C16H21N5O4S. The van der Waals surface area contributed by atoms with Crippen molar-refractivity contribution in [2.45, 2.75) is 31.6 Å². The fourth-order valence-electron chi connectivity index (χ4n) is 3.85. The molecule has 2 aliphatic rings. The molecule has 2 aliphatic heterocycles. The number of fused-ring (bicyclic) bond motifs is 1. The minimum atomic E-state index is -3.15. The van der Waals surface area contributed by atoms with Gasteiger partial charge in [0.05, 0.1) is 36.6 Å². The van der Waals surface area contributed by atoms with Crippen LogP contribution >= 0.6 is 0 Å². The number of hydrogen-bond donors (Lipinski definition) is 0. The summed E-state index contributed by atoms with van der Waals surface area (Å²) >= 11 is 0. The first-order chi connectivity index (χ1) is 12.5. The van der Waals surface area contributed by atoms with E-state index in [0.717, 1.165) is 5.56 Å². The maximum atomic E-state index is 12.7. The minimum Gasteiger partial charge on any atom is -0.472 e. The molecule has 2 aromatic heterocycles. The lowest BCUT2D eigenvalue weighted by atomic mass is 10.0. The molecule has 10 heteroatoms. The molecule has 2 aromatic rings. The Morgan fingerprint density at radius 1 is 1.27 bits per heavy atom. The lowest BCUT2D eigenvalue weighted by Gasteiger charge is -2.43. The fourth-order valence-corrected chi connectivity index (χ4v) is 5.86. The van der Waals surface area contributed by atoms with Crippen LogP contribution in [-0.2, 0) is 27.7 Å². The van der Waals surface area contributed by atoms with Crippen molar-refractivity contribution in [3.05, 3.63) is 36.8 Å². The molecule has 0 aliphatic carbocycles. The van der Waals surface area contributed by atoms with E-state index in [2.05, 4.69) is 15.0 Å². The molecule has 26 heavy (non-hydrogen) atoms. The molecular weight excluding hydrogens is 358 g/mol. The highest BCUT2D eigenvalue weighted by Crippen LogP contribution is 2.28. The van der Waals surface area contributed by atoms with Crippen LogP contribution in [0, 0.1) is 0 Å². The summed E-state index contributed by atoms with van der Waals surface area (Å²) in [7, 11) is -3.15. The van der Waals surface area contributed by atoms with Crippen LogP contribution in [0.25, 0.3) is 0 Å². The molecule has 0 aromatic carbocycles. The highest BCUT2D eigenvalue weighted by atomic mass is 32.2. The molecule has 140 valence electrons. The fraction of sp³-hybridized carbons (Fsp3) is 0.562. The number of rotatable bonds is 5. The number of carbonyl (C=O) groups is 1. The Morgan fingerprint density at radius 3 is 2.85 bits per heavy atom. The summed E-state index contributed by atoms with van der Waals surface area (Å²) in [5.41, 5.74) is 1.01. The molecule has 2 atom stereocenters. The van der Waals surface area contributed by atoms with E-state index in [1.807, 2.05) is 6.07 Å². The second-order valence-electron chi connectivity index (χ2n) is 6.81. The molecule has 0 N–H and O–H groups in total. The van der Waals surface area contributed by atoms with Crippen LogP contribution in [0.3, 0.4) is 0 Å². The Bertz CT molecular complexity index is 849. The van der Waals surface area contributed by atoms with Gasteiger partial charge in [-0.2, -0.15) is 5.10 Å². The van der Waals surface area contributed by atoms with Crippen molar-refractivity contribution in [3.8, 4) is 0 Å². The zero-order valence-corrected chi connectivity index (χ0v) is 15.1. The van der Waals surface area contributed by atoms with Gasteiger partial charge in [0.25, 0.3) is 0 Å².